The second-order valence-corrected chi connectivity index (χ2v) is 3.25. The van der Waals surface area contributed by atoms with Crippen molar-refractivity contribution in [3.63, 3.8) is 0 Å². The van der Waals surface area contributed by atoms with Crippen LogP contribution in [0.5, 0.6) is 0 Å². The minimum absolute atomic E-state index is 0.379. The maximum absolute atomic E-state index is 10.4. The van der Waals surface area contributed by atoms with Crippen LogP contribution in [0.2, 0.25) is 0 Å². The van der Waals surface area contributed by atoms with Gasteiger partial charge >= 0.3 is 0 Å². The summed E-state index contributed by atoms with van der Waals surface area (Å²) in [5.74, 6) is 0.659. The summed E-state index contributed by atoms with van der Waals surface area (Å²) < 4.78 is 0. The minimum atomic E-state index is -0.379. The second-order valence-electron chi connectivity index (χ2n) is 2.81. The van der Waals surface area contributed by atoms with Crippen LogP contribution in [0.1, 0.15) is 30.1 Å². The lowest BCUT2D eigenvalue weighted by Gasteiger charge is -1.89. The Hall–Kier alpha value is -0.960. The van der Waals surface area contributed by atoms with Crippen LogP contribution in [0.25, 0.3) is 0 Å². The number of unbranched alkanes of at least 4 members (excludes halogenated alkanes) is 1. The van der Waals surface area contributed by atoms with E-state index in [0.717, 1.165) is 5.75 Å². The first kappa shape index (κ1) is 13.0. The van der Waals surface area contributed by atoms with E-state index in [1.807, 2.05) is 6.07 Å². The van der Waals surface area contributed by atoms with Crippen LogP contribution in [0.3, 0.4) is 0 Å². The van der Waals surface area contributed by atoms with Crippen molar-refractivity contribution in [1.82, 2.24) is 0 Å². The standard InChI is InChI=1S/C7H7NO.C4H10S/c8-7(9)6-4-2-1-3-5-6;1-2-3-4-5/h1-5H,(H2,8,9);5H,2-4H2,1H3. The zero-order chi connectivity index (χ0) is 10.8. The molecule has 2 nitrogen and oxygen atoms in total. The van der Waals surface area contributed by atoms with Crippen molar-refractivity contribution in [2.45, 2.75) is 19.8 Å². The largest absolute Gasteiger partial charge is 0.366 e. The number of carbonyl (C=O) groups excluding carboxylic acids is 1. The third-order valence-corrected chi connectivity index (χ3v) is 1.89. The van der Waals surface area contributed by atoms with Crippen molar-refractivity contribution >= 4 is 18.5 Å². The summed E-state index contributed by atoms with van der Waals surface area (Å²) in [5.41, 5.74) is 5.53. The maximum Gasteiger partial charge on any atom is 0.248 e. The molecule has 0 aliphatic heterocycles. The van der Waals surface area contributed by atoms with E-state index in [4.69, 9.17) is 5.73 Å². The number of primary amides is 1. The fourth-order valence-electron chi connectivity index (χ4n) is 0.761. The Balaban J connectivity index is 0.000000292. The van der Waals surface area contributed by atoms with Gasteiger partial charge in [-0.3, -0.25) is 4.79 Å². The molecule has 0 fully saturated rings. The van der Waals surface area contributed by atoms with Crippen LogP contribution in [0.4, 0.5) is 0 Å². The fraction of sp³-hybridized carbons (Fsp3) is 0.364. The average Bonchev–Trinajstić information content (AvgIpc) is 2.21. The molecule has 0 aliphatic rings. The van der Waals surface area contributed by atoms with E-state index in [9.17, 15) is 4.79 Å². The van der Waals surface area contributed by atoms with E-state index in [-0.39, 0.29) is 5.91 Å². The second kappa shape index (κ2) is 8.63. The molecule has 0 spiro atoms. The molecule has 14 heavy (non-hydrogen) atoms. The van der Waals surface area contributed by atoms with Gasteiger partial charge in [0.05, 0.1) is 0 Å². The zero-order valence-corrected chi connectivity index (χ0v) is 9.34. The van der Waals surface area contributed by atoms with Crippen molar-refractivity contribution in [2.75, 3.05) is 5.75 Å². The molecular weight excluding hydrogens is 194 g/mol. The van der Waals surface area contributed by atoms with Gasteiger partial charge in [0, 0.05) is 5.56 Å². The molecule has 1 aromatic rings. The molecule has 0 bridgehead atoms. The monoisotopic (exact) mass is 211 g/mol. The number of rotatable bonds is 3. The van der Waals surface area contributed by atoms with Crippen LogP contribution in [0, 0.1) is 0 Å². The molecule has 0 saturated carbocycles. The van der Waals surface area contributed by atoms with Crippen LogP contribution in [-0.2, 0) is 0 Å². The molecule has 3 heteroatoms. The highest BCUT2D eigenvalue weighted by Crippen LogP contribution is 1.94. The lowest BCUT2D eigenvalue weighted by molar-refractivity contribution is 0.100. The van der Waals surface area contributed by atoms with Gasteiger partial charge in [-0.25, -0.2) is 0 Å². The van der Waals surface area contributed by atoms with Crippen molar-refractivity contribution in [2.24, 2.45) is 5.73 Å². The summed E-state index contributed by atoms with van der Waals surface area (Å²) in [6.45, 7) is 2.16. The highest BCUT2D eigenvalue weighted by Gasteiger charge is 1.93. The van der Waals surface area contributed by atoms with Gasteiger partial charge in [-0.15, -0.1) is 0 Å². The average molecular weight is 211 g/mol. The molecule has 0 saturated heterocycles. The van der Waals surface area contributed by atoms with Crippen molar-refractivity contribution < 1.29 is 4.79 Å². The third kappa shape index (κ3) is 6.54. The Bertz CT molecular complexity index is 247. The van der Waals surface area contributed by atoms with Gasteiger partial charge < -0.3 is 5.73 Å². The Kier molecular flexibility index (Phi) is 8.04. The van der Waals surface area contributed by atoms with E-state index < -0.39 is 0 Å². The molecule has 1 aromatic carbocycles. The lowest BCUT2D eigenvalue weighted by atomic mass is 10.2. The van der Waals surface area contributed by atoms with Gasteiger partial charge in [-0.1, -0.05) is 31.5 Å². The molecule has 78 valence electrons. The summed E-state index contributed by atoms with van der Waals surface area (Å²) in [6, 6.07) is 8.76. The molecule has 0 heterocycles. The quantitative estimate of drug-likeness (QED) is 0.741. The summed E-state index contributed by atoms with van der Waals surface area (Å²) in [4.78, 5) is 10.4. The molecule has 0 radical (unpaired) electrons. The third-order valence-electron chi connectivity index (χ3n) is 1.57. The van der Waals surface area contributed by atoms with E-state index in [1.54, 1.807) is 24.3 Å². The van der Waals surface area contributed by atoms with E-state index in [1.165, 1.54) is 12.8 Å². The van der Waals surface area contributed by atoms with Gasteiger partial charge in [-0.2, -0.15) is 12.6 Å². The number of amides is 1. The van der Waals surface area contributed by atoms with Crippen molar-refractivity contribution in [3.8, 4) is 0 Å². The van der Waals surface area contributed by atoms with Crippen LogP contribution in [0.15, 0.2) is 30.3 Å². The molecule has 0 unspecified atom stereocenters. The topological polar surface area (TPSA) is 43.1 Å². The number of benzene rings is 1. The number of thiol groups is 1. The molecule has 1 amide bonds. The minimum Gasteiger partial charge on any atom is -0.366 e. The number of hydrogen-bond acceptors (Lipinski definition) is 2. The summed E-state index contributed by atoms with van der Waals surface area (Å²) in [6.07, 6.45) is 2.52. The summed E-state index contributed by atoms with van der Waals surface area (Å²) in [5, 5.41) is 0. The lowest BCUT2D eigenvalue weighted by Crippen LogP contribution is -2.09. The molecule has 1 rings (SSSR count). The molecule has 0 aliphatic carbocycles. The smallest absolute Gasteiger partial charge is 0.248 e. The SMILES string of the molecule is CCCCS.NC(=O)c1ccccc1. The highest BCUT2D eigenvalue weighted by atomic mass is 32.1. The Morgan fingerprint density at radius 2 is 1.93 bits per heavy atom. The zero-order valence-electron chi connectivity index (χ0n) is 8.44. The molecular formula is C11H17NOS. The first-order chi connectivity index (χ1) is 6.72. The number of nitrogens with two attached hydrogens (primary N) is 1. The Labute approximate surface area is 90.9 Å². The first-order valence-corrected chi connectivity index (χ1v) is 5.31. The predicted octanol–water partition coefficient (Wildman–Crippen LogP) is 2.50. The molecule has 0 aromatic heterocycles. The van der Waals surface area contributed by atoms with Gasteiger partial charge in [0.25, 0.3) is 0 Å². The van der Waals surface area contributed by atoms with E-state index in [0.29, 0.717) is 5.56 Å². The number of hydrogen-bond donors (Lipinski definition) is 2. The van der Waals surface area contributed by atoms with Gasteiger partial charge in [0.15, 0.2) is 0 Å². The van der Waals surface area contributed by atoms with E-state index >= 15 is 0 Å². The van der Waals surface area contributed by atoms with Crippen LogP contribution < -0.4 is 5.73 Å². The summed E-state index contributed by atoms with van der Waals surface area (Å²) in [7, 11) is 0. The number of carbonyl (C=O) groups is 1. The molecule has 0 atom stereocenters. The van der Waals surface area contributed by atoms with Crippen molar-refractivity contribution in [3.05, 3.63) is 35.9 Å². The fourth-order valence-corrected chi connectivity index (χ4v) is 1.08. The Morgan fingerprint density at radius 3 is 2.14 bits per heavy atom. The Morgan fingerprint density at radius 1 is 1.36 bits per heavy atom. The van der Waals surface area contributed by atoms with Gasteiger partial charge in [0.1, 0.15) is 0 Å². The van der Waals surface area contributed by atoms with Gasteiger partial charge in [0.2, 0.25) is 5.91 Å². The highest BCUT2D eigenvalue weighted by molar-refractivity contribution is 7.80. The maximum atomic E-state index is 10.4. The molecule has 2 N–H and O–H groups in total. The summed E-state index contributed by atoms with van der Waals surface area (Å²) >= 11 is 4.00. The van der Waals surface area contributed by atoms with Crippen LogP contribution >= 0.6 is 12.6 Å². The van der Waals surface area contributed by atoms with Crippen LogP contribution in [-0.4, -0.2) is 11.7 Å². The normalized spacial score (nSPS) is 8.71. The predicted molar refractivity (Wildman–Crippen MR) is 63.7 cm³/mol. The van der Waals surface area contributed by atoms with Gasteiger partial charge in [-0.05, 0) is 24.3 Å². The van der Waals surface area contributed by atoms with Crippen molar-refractivity contribution in [1.29, 1.82) is 0 Å². The first-order valence-electron chi connectivity index (χ1n) is 4.68. The van der Waals surface area contributed by atoms with E-state index in [2.05, 4.69) is 19.6 Å².